The van der Waals surface area contributed by atoms with Crippen LogP contribution in [0.1, 0.15) is 47.2 Å². The van der Waals surface area contributed by atoms with Crippen LogP contribution in [0.15, 0.2) is 91.0 Å². The number of anilines is 1. The molecule has 0 aliphatic rings. The lowest BCUT2D eigenvalue weighted by atomic mass is 10.0. The number of non-ortho nitro benzene ring substituents is 2. The molecule has 7 heteroatoms. The molecule has 0 aliphatic carbocycles. The predicted molar refractivity (Wildman–Crippen MR) is 161 cm³/mol. The van der Waals surface area contributed by atoms with Crippen molar-refractivity contribution in [2.45, 2.75) is 13.8 Å². The smallest absolute Gasteiger partial charge is 0.269 e. The van der Waals surface area contributed by atoms with Gasteiger partial charge in [0, 0.05) is 76.4 Å². The molecule has 0 aromatic heterocycles. The van der Waals surface area contributed by atoms with Crippen molar-refractivity contribution in [2.24, 2.45) is 0 Å². The van der Waals surface area contributed by atoms with Crippen LogP contribution in [0.4, 0.5) is 17.1 Å². The van der Waals surface area contributed by atoms with Gasteiger partial charge in [0.2, 0.25) is 0 Å². The molecular formula is C34H25N3O4. The quantitative estimate of drug-likeness (QED) is 0.163. The lowest BCUT2D eigenvalue weighted by Gasteiger charge is -2.20. The Kier molecular flexibility index (Phi) is 9.13. The minimum atomic E-state index is -0.452. The lowest BCUT2D eigenvalue weighted by Crippen LogP contribution is -2.21. The normalized spacial score (nSPS) is 9.71. The molecule has 0 saturated carbocycles. The number of rotatable bonds is 5. The Hall–Kier alpha value is -5.84. The summed E-state index contributed by atoms with van der Waals surface area (Å²) >= 11 is 0. The van der Waals surface area contributed by atoms with Gasteiger partial charge in [0.15, 0.2) is 0 Å². The fourth-order valence-electron chi connectivity index (χ4n) is 3.95. The Morgan fingerprint density at radius 2 is 0.805 bits per heavy atom. The Bertz CT molecular complexity index is 1660. The zero-order chi connectivity index (χ0) is 29.2. The molecule has 0 N–H and O–H groups in total. The molecule has 0 heterocycles. The molecule has 0 amide bonds. The van der Waals surface area contributed by atoms with Gasteiger partial charge in [-0.05, 0) is 80.6 Å². The maximum absolute atomic E-state index is 10.9. The van der Waals surface area contributed by atoms with E-state index in [0.29, 0.717) is 22.3 Å². The molecule has 7 nitrogen and oxygen atoms in total. The molecule has 0 radical (unpaired) electrons. The first-order valence-corrected chi connectivity index (χ1v) is 12.9. The Morgan fingerprint density at radius 1 is 0.512 bits per heavy atom. The molecule has 0 fully saturated rings. The lowest BCUT2D eigenvalue weighted by molar-refractivity contribution is -0.385. The summed E-state index contributed by atoms with van der Waals surface area (Å²) in [5, 5.41) is 21.9. The van der Waals surface area contributed by atoms with Gasteiger partial charge in [0.25, 0.3) is 11.4 Å². The summed E-state index contributed by atoms with van der Waals surface area (Å²) in [6.07, 6.45) is 0. The van der Waals surface area contributed by atoms with Gasteiger partial charge in [0.1, 0.15) is 0 Å². The van der Waals surface area contributed by atoms with Crippen molar-refractivity contribution in [3.8, 4) is 35.5 Å². The minimum Gasteiger partial charge on any atom is -0.372 e. The highest BCUT2D eigenvalue weighted by atomic mass is 16.6. The number of nitrogens with zero attached hydrogens (tertiary/aromatic N) is 3. The van der Waals surface area contributed by atoms with E-state index in [9.17, 15) is 20.2 Å². The molecule has 0 unspecified atom stereocenters. The van der Waals surface area contributed by atoms with Gasteiger partial charge in [-0.25, -0.2) is 0 Å². The van der Waals surface area contributed by atoms with Gasteiger partial charge in [-0.2, -0.15) is 0 Å². The van der Waals surface area contributed by atoms with Crippen molar-refractivity contribution in [3.63, 3.8) is 0 Å². The first-order chi connectivity index (χ1) is 19.8. The standard InChI is InChI=1S/C34H25N3O4/c1-3-35(4-2)32-17-11-26(12-18-32)5-8-29-23-30(9-6-27-13-19-33(20-14-27)36(38)39)25-31(24-29)10-7-28-15-21-34(22-16-28)37(40)41/h11-25H,3-4H2,1-2H3. The van der Waals surface area contributed by atoms with Crippen LogP contribution in [0.3, 0.4) is 0 Å². The van der Waals surface area contributed by atoms with Crippen LogP contribution in [0.25, 0.3) is 0 Å². The largest absolute Gasteiger partial charge is 0.372 e. The van der Waals surface area contributed by atoms with Crippen molar-refractivity contribution < 1.29 is 9.85 Å². The van der Waals surface area contributed by atoms with E-state index in [1.165, 1.54) is 24.3 Å². The molecule has 0 aliphatic heterocycles. The minimum absolute atomic E-state index is 0.00163. The van der Waals surface area contributed by atoms with E-state index in [1.807, 2.05) is 30.3 Å². The van der Waals surface area contributed by atoms with Gasteiger partial charge in [-0.1, -0.05) is 35.5 Å². The molecule has 0 spiro atoms. The highest BCUT2D eigenvalue weighted by Gasteiger charge is 2.04. The molecule has 41 heavy (non-hydrogen) atoms. The molecule has 4 aromatic carbocycles. The highest BCUT2D eigenvalue weighted by molar-refractivity contribution is 5.57. The van der Waals surface area contributed by atoms with E-state index in [0.717, 1.165) is 29.9 Å². The van der Waals surface area contributed by atoms with E-state index in [4.69, 9.17) is 0 Å². The Balaban J connectivity index is 1.67. The molecule has 0 saturated heterocycles. The fraction of sp³-hybridized carbons (Fsp3) is 0.118. The van der Waals surface area contributed by atoms with Gasteiger partial charge in [0.05, 0.1) is 9.85 Å². The van der Waals surface area contributed by atoms with Crippen molar-refractivity contribution in [1.29, 1.82) is 0 Å². The van der Waals surface area contributed by atoms with Crippen LogP contribution in [-0.2, 0) is 0 Å². The average molecular weight is 540 g/mol. The Morgan fingerprint density at radius 3 is 1.10 bits per heavy atom. The fourth-order valence-corrected chi connectivity index (χ4v) is 3.95. The summed E-state index contributed by atoms with van der Waals surface area (Å²) in [6.45, 7) is 6.10. The number of hydrogen-bond acceptors (Lipinski definition) is 5. The molecule has 200 valence electrons. The van der Waals surface area contributed by atoms with Crippen LogP contribution < -0.4 is 4.90 Å². The van der Waals surface area contributed by atoms with Crippen LogP contribution >= 0.6 is 0 Å². The maximum Gasteiger partial charge on any atom is 0.269 e. The number of hydrogen-bond donors (Lipinski definition) is 0. The van der Waals surface area contributed by atoms with Gasteiger partial charge in [-0.15, -0.1) is 0 Å². The van der Waals surface area contributed by atoms with E-state index < -0.39 is 9.85 Å². The van der Waals surface area contributed by atoms with Crippen LogP contribution in [0.2, 0.25) is 0 Å². The predicted octanol–water partition coefficient (Wildman–Crippen LogP) is 6.55. The summed E-state index contributed by atoms with van der Waals surface area (Å²) in [4.78, 5) is 23.2. The van der Waals surface area contributed by atoms with Gasteiger partial charge in [-0.3, -0.25) is 20.2 Å². The molecule has 4 aromatic rings. The van der Waals surface area contributed by atoms with E-state index in [2.05, 4.69) is 66.4 Å². The SMILES string of the molecule is CCN(CC)c1ccc(C#Cc2cc(C#Cc3ccc([N+](=O)[O-])cc3)cc(C#Cc3ccc([N+](=O)[O-])cc3)c2)cc1. The second-order valence-corrected chi connectivity index (χ2v) is 8.88. The van der Waals surface area contributed by atoms with Crippen LogP contribution in [-0.4, -0.2) is 22.9 Å². The first kappa shape index (κ1) is 28.2. The van der Waals surface area contributed by atoms with Crippen molar-refractivity contribution >= 4 is 17.1 Å². The molecular weight excluding hydrogens is 514 g/mol. The van der Waals surface area contributed by atoms with Crippen molar-refractivity contribution in [3.05, 3.63) is 145 Å². The second-order valence-electron chi connectivity index (χ2n) is 8.88. The van der Waals surface area contributed by atoms with E-state index >= 15 is 0 Å². The highest BCUT2D eigenvalue weighted by Crippen LogP contribution is 2.16. The second kappa shape index (κ2) is 13.3. The van der Waals surface area contributed by atoms with Crippen molar-refractivity contribution in [2.75, 3.05) is 18.0 Å². The van der Waals surface area contributed by atoms with Gasteiger partial charge >= 0.3 is 0 Å². The number of nitro benzene ring substituents is 2. The third-order valence-corrected chi connectivity index (χ3v) is 6.14. The summed E-state index contributed by atoms with van der Waals surface area (Å²) in [5.41, 5.74) is 5.39. The Labute approximate surface area is 238 Å². The van der Waals surface area contributed by atoms with E-state index in [-0.39, 0.29) is 11.4 Å². The summed E-state index contributed by atoms with van der Waals surface area (Å²) in [5.74, 6) is 18.7. The third kappa shape index (κ3) is 7.83. The monoisotopic (exact) mass is 539 g/mol. The number of nitro groups is 2. The molecule has 0 atom stereocenters. The summed E-state index contributed by atoms with van der Waals surface area (Å²) in [7, 11) is 0. The van der Waals surface area contributed by atoms with Crippen molar-refractivity contribution in [1.82, 2.24) is 0 Å². The third-order valence-electron chi connectivity index (χ3n) is 6.14. The number of benzene rings is 4. The molecule has 4 rings (SSSR count). The van der Waals surface area contributed by atoms with Crippen LogP contribution in [0.5, 0.6) is 0 Å². The zero-order valence-corrected chi connectivity index (χ0v) is 22.5. The zero-order valence-electron chi connectivity index (χ0n) is 22.5. The summed E-state index contributed by atoms with van der Waals surface area (Å²) in [6, 6.07) is 25.8. The van der Waals surface area contributed by atoms with Gasteiger partial charge < -0.3 is 4.90 Å². The molecule has 0 bridgehead atoms. The first-order valence-electron chi connectivity index (χ1n) is 12.9. The van der Waals surface area contributed by atoms with E-state index in [1.54, 1.807) is 24.3 Å². The maximum atomic E-state index is 10.9. The average Bonchev–Trinajstić information content (AvgIpc) is 2.99. The topological polar surface area (TPSA) is 89.5 Å². The summed E-state index contributed by atoms with van der Waals surface area (Å²) < 4.78 is 0. The van der Waals surface area contributed by atoms with Crippen LogP contribution in [0, 0.1) is 55.8 Å².